The molecule has 29 heavy (non-hydrogen) atoms. The van der Waals surface area contributed by atoms with Crippen LogP contribution in [0.15, 0.2) is 36.7 Å². The number of amides is 2. The zero-order valence-electron chi connectivity index (χ0n) is 17.3. The van der Waals surface area contributed by atoms with Crippen molar-refractivity contribution in [2.24, 2.45) is 7.05 Å². The van der Waals surface area contributed by atoms with Gasteiger partial charge < -0.3 is 20.9 Å². The molecule has 2 unspecified atom stereocenters. The molecule has 1 aliphatic rings. The van der Waals surface area contributed by atoms with Crippen LogP contribution in [-0.2, 0) is 16.6 Å². The van der Waals surface area contributed by atoms with E-state index in [1.807, 2.05) is 25.1 Å². The predicted molar refractivity (Wildman–Crippen MR) is 114 cm³/mol. The van der Waals surface area contributed by atoms with Crippen LogP contribution in [0.2, 0.25) is 0 Å². The summed E-state index contributed by atoms with van der Waals surface area (Å²) in [6.07, 6.45) is 6.07. The van der Waals surface area contributed by atoms with Gasteiger partial charge in [-0.15, -0.1) is 0 Å². The van der Waals surface area contributed by atoms with Gasteiger partial charge in [0, 0.05) is 55.7 Å². The van der Waals surface area contributed by atoms with Crippen LogP contribution in [0.25, 0.3) is 0 Å². The van der Waals surface area contributed by atoms with Crippen molar-refractivity contribution in [1.82, 2.24) is 20.4 Å². The molecule has 1 saturated heterocycles. The number of rotatable bonds is 8. The van der Waals surface area contributed by atoms with E-state index in [0.717, 1.165) is 30.0 Å². The van der Waals surface area contributed by atoms with Crippen LogP contribution in [0.3, 0.4) is 0 Å². The standard InChI is InChI=1S/C21H30N6O2/c1-15(24-21(29)20(22-2)16-13-23-26(3)14-16)11-19(28)25-17-7-6-8-18(12-17)27-9-4-5-10-27/h6-8,12-15,20,22H,4-5,9-11H2,1-3H3,(H,24,29)(H,25,28). The molecular formula is C21H30N6O2. The first kappa shape index (κ1) is 20.9. The molecule has 1 aliphatic heterocycles. The fourth-order valence-corrected chi connectivity index (χ4v) is 3.66. The average molecular weight is 399 g/mol. The third-order valence-corrected chi connectivity index (χ3v) is 5.09. The van der Waals surface area contributed by atoms with Gasteiger partial charge in [-0.05, 0) is 45.0 Å². The molecule has 2 aromatic rings. The summed E-state index contributed by atoms with van der Waals surface area (Å²) in [6, 6.07) is 7.12. The molecule has 3 N–H and O–H groups in total. The lowest BCUT2D eigenvalue weighted by Crippen LogP contribution is -2.41. The lowest BCUT2D eigenvalue weighted by molar-refractivity contribution is -0.124. The smallest absolute Gasteiger partial charge is 0.242 e. The van der Waals surface area contributed by atoms with Crippen LogP contribution in [0.5, 0.6) is 0 Å². The second-order valence-electron chi connectivity index (χ2n) is 7.58. The van der Waals surface area contributed by atoms with E-state index in [1.165, 1.54) is 12.8 Å². The van der Waals surface area contributed by atoms with Gasteiger partial charge in [-0.2, -0.15) is 5.10 Å². The third-order valence-electron chi connectivity index (χ3n) is 5.09. The number of nitrogens with one attached hydrogen (secondary N) is 3. The number of benzene rings is 1. The van der Waals surface area contributed by atoms with Crippen LogP contribution < -0.4 is 20.9 Å². The van der Waals surface area contributed by atoms with Crippen LogP contribution in [0, 0.1) is 0 Å². The summed E-state index contributed by atoms with van der Waals surface area (Å²) < 4.78 is 1.65. The van der Waals surface area contributed by atoms with Crippen molar-refractivity contribution < 1.29 is 9.59 Å². The number of carbonyl (C=O) groups is 2. The van der Waals surface area contributed by atoms with Crippen LogP contribution >= 0.6 is 0 Å². The van der Waals surface area contributed by atoms with Crippen molar-refractivity contribution in [3.8, 4) is 0 Å². The highest BCUT2D eigenvalue weighted by Crippen LogP contribution is 2.23. The number of aryl methyl sites for hydroxylation is 1. The molecule has 0 bridgehead atoms. The van der Waals surface area contributed by atoms with Crippen LogP contribution in [0.4, 0.5) is 11.4 Å². The highest BCUT2D eigenvalue weighted by atomic mass is 16.2. The van der Waals surface area contributed by atoms with Gasteiger partial charge >= 0.3 is 0 Å². The molecular weight excluding hydrogens is 368 g/mol. The molecule has 3 rings (SSSR count). The average Bonchev–Trinajstić information content (AvgIpc) is 3.34. The fourth-order valence-electron chi connectivity index (χ4n) is 3.66. The van der Waals surface area contributed by atoms with E-state index in [2.05, 4.69) is 32.0 Å². The molecule has 8 heteroatoms. The second kappa shape index (κ2) is 9.56. The van der Waals surface area contributed by atoms with Gasteiger partial charge in [0.1, 0.15) is 6.04 Å². The molecule has 156 valence electrons. The van der Waals surface area contributed by atoms with Gasteiger partial charge in [-0.1, -0.05) is 6.07 Å². The third kappa shape index (κ3) is 5.57. The van der Waals surface area contributed by atoms with E-state index < -0.39 is 6.04 Å². The highest BCUT2D eigenvalue weighted by Gasteiger charge is 2.22. The molecule has 1 aromatic carbocycles. The number of anilines is 2. The monoisotopic (exact) mass is 398 g/mol. The van der Waals surface area contributed by atoms with Crippen molar-refractivity contribution in [3.63, 3.8) is 0 Å². The summed E-state index contributed by atoms with van der Waals surface area (Å²) in [6.45, 7) is 3.95. The van der Waals surface area contributed by atoms with E-state index in [1.54, 1.807) is 31.2 Å². The molecule has 0 saturated carbocycles. The number of carbonyl (C=O) groups excluding carboxylic acids is 2. The summed E-state index contributed by atoms with van der Waals surface area (Å²) in [7, 11) is 3.53. The maximum absolute atomic E-state index is 12.6. The van der Waals surface area contributed by atoms with Gasteiger partial charge in [0.15, 0.2) is 0 Å². The number of hydrogen-bond acceptors (Lipinski definition) is 5. The Bertz CT molecular complexity index is 843. The lowest BCUT2D eigenvalue weighted by atomic mass is 10.1. The SMILES string of the molecule is CNC(C(=O)NC(C)CC(=O)Nc1cccc(N2CCCC2)c1)c1cnn(C)c1. The Kier molecular flexibility index (Phi) is 6.87. The molecule has 0 spiro atoms. The Morgan fingerprint density at radius 2 is 2.00 bits per heavy atom. The van der Waals surface area contributed by atoms with Gasteiger partial charge in [-0.3, -0.25) is 14.3 Å². The van der Waals surface area contributed by atoms with Crippen molar-refractivity contribution in [1.29, 1.82) is 0 Å². The zero-order valence-corrected chi connectivity index (χ0v) is 17.3. The van der Waals surface area contributed by atoms with Crippen molar-refractivity contribution in [2.75, 3.05) is 30.4 Å². The Balaban J connectivity index is 1.52. The number of nitrogens with zero attached hydrogens (tertiary/aromatic N) is 3. The molecule has 8 nitrogen and oxygen atoms in total. The van der Waals surface area contributed by atoms with E-state index in [4.69, 9.17) is 0 Å². The number of hydrogen-bond donors (Lipinski definition) is 3. The van der Waals surface area contributed by atoms with E-state index in [9.17, 15) is 9.59 Å². The Morgan fingerprint density at radius 1 is 1.24 bits per heavy atom. The van der Waals surface area contributed by atoms with Gasteiger partial charge in [0.05, 0.1) is 6.20 Å². The molecule has 0 aliphatic carbocycles. The maximum Gasteiger partial charge on any atom is 0.242 e. The zero-order chi connectivity index (χ0) is 20.8. The van der Waals surface area contributed by atoms with E-state index >= 15 is 0 Å². The summed E-state index contributed by atoms with van der Waals surface area (Å²) in [5.74, 6) is -0.310. The topological polar surface area (TPSA) is 91.3 Å². The van der Waals surface area contributed by atoms with Gasteiger partial charge in [-0.25, -0.2) is 0 Å². The maximum atomic E-state index is 12.6. The predicted octanol–water partition coefficient (Wildman–Crippen LogP) is 1.81. The first-order chi connectivity index (χ1) is 14.0. The first-order valence-electron chi connectivity index (χ1n) is 10.1. The molecule has 1 fully saturated rings. The number of aromatic nitrogens is 2. The fraction of sp³-hybridized carbons (Fsp3) is 0.476. The largest absolute Gasteiger partial charge is 0.371 e. The summed E-state index contributed by atoms with van der Waals surface area (Å²) in [5, 5.41) is 12.9. The second-order valence-corrected chi connectivity index (χ2v) is 7.58. The minimum atomic E-state index is -0.508. The Hall–Kier alpha value is -2.87. The van der Waals surface area contributed by atoms with Gasteiger partial charge in [0.25, 0.3) is 0 Å². The molecule has 0 radical (unpaired) electrons. The lowest BCUT2D eigenvalue weighted by Gasteiger charge is -2.20. The minimum absolute atomic E-state index is 0.126. The number of likely N-dealkylation sites (N-methyl/N-ethyl adjacent to an activating group) is 1. The van der Waals surface area contributed by atoms with E-state index in [-0.39, 0.29) is 24.3 Å². The van der Waals surface area contributed by atoms with Crippen molar-refractivity contribution in [2.45, 2.75) is 38.3 Å². The van der Waals surface area contributed by atoms with Crippen molar-refractivity contribution in [3.05, 3.63) is 42.2 Å². The summed E-state index contributed by atoms with van der Waals surface area (Å²) in [4.78, 5) is 27.4. The Labute approximate surface area is 171 Å². The molecule has 2 amide bonds. The molecule has 1 aromatic heterocycles. The van der Waals surface area contributed by atoms with Crippen LogP contribution in [-0.4, -0.2) is 47.8 Å². The minimum Gasteiger partial charge on any atom is -0.371 e. The Morgan fingerprint density at radius 3 is 2.66 bits per heavy atom. The summed E-state index contributed by atoms with van der Waals surface area (Å²) >= 11 is 0. The normalized spacial score (nSPS) is 15.8. The van der Waals surface area contributed by atoms with Gasteiger partial charge in [0.2, 0.25) is 11.8 Å². The molecule has 2 heterocycles. The highest BCUT2D eigenvalue weighted by molar-refractivity contribution is 5.92. The van der Waals surface area contributed by atoms with E-state index in [0.29, 0.717) is 0 Å². The summed E-state index contributed by atoms with van der Waals surface area (Å²) in [5.41, 5.74) is 2.69. The quantitative estimate of drug-likeness (QED) is 0.631. The van der Waals surface area contributed by atoms with Crippen molar-refractivity contribution >= 4 is 23.2 Å². The van der Waals surface area contributed by atoms with Crippen LogP contribution in [0.1, 0.15) is 37.8 Å². The molecule has 2 atom stereocenters. The first-order valence-corrected chi connectivity index (χ1v) is 10.1.